The Morgan fingerprint density at radius 1 is 1.38 bits per heavy atom. The summed E-state index contributed by atoms with van der Waals surface area (Å²) in [7, 11) is 0. The van der Waals surface area contributed by atoms with Crippen LogP contribution in [-0.4, -0.2) is 6.04 Å². The minimum absolute atomic E-state index is 0.0175. The zero-order chi connectivity index (χ0) is 9.64. The van der Waals surface area contributed by atoms with E-state index in [1.165, 1.54) is 6.07 Å². The van der Waals surface area contributed by atoms with Crippen molar-refractivity contribution in [1.82, 2.24) is 0 Å². The van der Waals surface area contributed by atoms with Crippen molar-refractivity contribution in [2.45, 2.75) is 24.6 Å². The summed E-state index contributed by atoms with van der Waals surface area (Å²) in [5.74, 6) is -0.613. The highest BCUT2D eigenvalue weighted by molar-refractivity contribution is 5.21. The Bertz CT molecular complexity index is 317. The lowest BCUT2D eigenvalue weighted by Crippen LogP contribution is -2.02. The zero-order valence-electron chi connectivity index (χ0n) is 6.64. The fraction of sp³-hybridized carbons (Fsp3) is 0.500. The lowest BCUT2D eigenvalue weighted by Gasteiger charge is -2.00. The molecule has 0 aliphatic heterocycles. The van der Waals surface area contributed by atoms with Crippen LogP contribution in [0.25, 0.3) is 0 Å². The fourth-order valence-corrected chi connectivity index (χ4v) is 1.25. The molecular formula is C8H8F3NO. The molecule has 1 heterocycles. The van der Waals surface area contributed by atoms with Crippen LogP contribution in [-0.2, 0) is 6.18 Å². The Morgan fingerprint density at radius 2 is 2.00 bits per heavy atom. The van der Waals surface area contributed by atoms with Crippen LogP contribution in [0.4, 0.5) is 13.2 Å². The molecule has 2 N–H and O–H groups in total. The largest absolute Gasteiger partial charge is 0.456 e. The molecule has 0 radical (unpaired) electrons. The molecule has 0 spiro atoms. The van der Waals surface area contributed by atoms with Crippen LogP contribution in [0.5, 0.6) is 0 Å². The van der Waals surface area contributed by atoms with Crippen LogP contribution >= 0.6 is 0 Å². The molecular weight excluding hydrogens is 183 g/mol. The lowest BCUT2D eigenvalue weighted by atomic mass is 10.3. The Hall–Kier alpha value is -0.970. The quantitative estimate of drug-likeness (QED) is 0.738. The summed E-state index contributed by atoms with van der Waals surface area (Å²) in [6.45, 7) is 0. The third-order valence-electron chi connectivity index (χ3n) is 2.11. The van der Waals surface area contributed by atoms with Crippen molar-refractivity contribution < 1.29 is 17.6 Å². The molecule has 2 atom stereocenters. The summed E-state index contributed by atoms with van der Waals surface area (Å²) in [5, 5.41) is 0. The second-order valence-corrected chi connectivity index (χ2v) is 3.21. The van der Waals surface area contributed by atoms with Crippen LogP contribution in [0.2, 0.25) is 0 Å². The first-order valence-corrected chi connectivity index (χ1v) is 3.91. The van der Waals surface area contributed by atoms with Gasteiger partial charge in [0.05, 0.1) is 0 Å². The maximum absolute atomic E-state index is 12.1. The van der Waals surface area contributed by atoms with E-state index in [2.05, 4.69) is 4.42 Å². The van der Waals surface area contributed by atoms with Crippen molar-refractivity contribution >= 4 is 0 Å². The molecule has 2 rings (SSSR count). The highest BCUT2D eigenvalue weighted by Gasteiger charge is 2.40. The van der Waals surface area contributed by atoms with Gasteiger partial charge in [0.25, 0.3) is 0 Å². The number of nitrogens with two attached hydrogens (primary N) is 1. The van der Waals surface area contributed by atoms with Gasteiger partial charge in [-0.3, -0.25) is 0 Å². The van der Waals surface area contributed by atoms with Crippen LogP contribution in [0.1, 0.15) is 23.9 Å². The molecule has 1 saturated carbocycles. The zero-order valence-corrected chi connectivity index (χ0v) is 6.64. The molecule has 72 valence electrons. The van der Waals surface area contributed by atoms with Crippen LogP contribution < -0.4 is 5.73 Å². The maximum atomic E-state index is 12.1. The van der Waals surface area contributed by atoms with Gasteiger partial charge in [-0.05, 0) is 18.6 Å². The second kappa shape index (κ2) is 2.51. The predicted octanol–water partition coefficient (Wildman–Crippen LogP) is 2.11. The topological polar surface area (TPSA) is 39.2 Å². The SMILES string of the molecule is NC1CC1c1ccc(C(F)(F)F)o1. The van der Waals surface area contributed by atoms with Crippen LogP contribution in [0.3, 0.4) is 0 Å². The molecule has 1 aromatic heterocycles. The van der Waals surface area contributed by atoms with Gasteiger partial charge in [0, 0.05) is 12.0 Å². The van der Waals surface area contributed by atoms with E-state index in [0.717, 1.165) is 6.07 Å². The predicted molar refractivity (Wildman–Crippen MR) is 39.0 cm³/mol. The number of rotatable bonds is 1. The van der Waals surface area contributed by atoms with Crippen molar-refractivity contribution in [2.75, 3.05) is 0 Å². The summed E-state index contributed by atoms with van der Waals surface area (Å²) >= 11 is 0. The van der Waals surface area contributed by atoms with Crippen molar-refractivity contribution in [3.05, 3.63) is 23.7 Å². The summed E-state index contributed by atoms with van der Waals surface area (Å²) in [4.78, 5) is 0. The van der Waals surface area contributed by atoms with Gasteiger partial charge >= 0.3 is 6.18 Å². The summed E-state index contributed by atoms with van der Waals surface area (Å²) in [6.07, 6.45) is -3.68. The van der Waals surface area contributed by atoms with Gasteiger partial charge in [-0.1, -0.05) is 0 Å². The third-order valence-corrected chi connectivity index (χ3v) is 2.11. The van der Waals surface area contributed by atoms with E-state index in [-0.39, 0.29) is 12.0 Å². The monoisotopic (exact) mass is 191 g/mol. The van der Waals surface area contributed by atoms with Gasteiger partial charge in [-0.25, -0.2) is 0 Å². The van der Waals surface area contributed by atoms with Crippen molar-refractivity contribution in [3.63, 3.8) is 0 Å². The normalized spacial score (nSPS) is 27.7. The van der Waals surface area contributed by atoms with Crippen molar-refractivity contribution in [1.29, 1.82) is 0 Å². The van der Waals surface area contributed by atoms with E-state index >= 15 is 0 Å². The molecule has 1 aliphatic carbocycles. The molecule has 2 nitrogen and oxygen atoms in total. The van der Waals surface area contributed by atoms with E-state index in [1.54, 1.807) is 0 Å². The van der Waals surface area contributed by atoms with Gasteiger partial charge < -0.3 is 10.2 Å². The molecule has 2 unspecified atom stereocenters. The minimum Gasteiger partial charge on any atom is -0.456 e. The number of halogens is 3. The molecule has 0 amide bonds. The minimum atomic E-state index is -4.39. The molecule has 0 bridgehead atoms. The highest BCUT2D eigenvalue weighted by Crippen LogP contribution is 2.41. The van der Waals surface area contributed by atoms with Crippen molar-refractivity contribution in [3.8, 4) is 0 Å². The molecule has 1 fully saturated rings. The molecule has 5 heteroatoms. The van der Waals surface area contributed by atoms with Gasteiger partial charge in [0.2, 0.25) is 5.76 Å². The molecule has 1 aliphatic rings. The first-order chi connectivity index (χ1) is 5.98. The van der Waals surface area contributed by atoms with Gasteiger partial charge in [0.15, 0.2) is 0 Å². The Morgan fingerprint density at radius 3 is 2.38 bits per heavy atom. The second-order valence-electron chi connectivity index (χ2n) is 3.21. The standard InChI is InChI=1S/C8H8F3NO/c9-8(10,11)7-2-1-6(13-7)4-3-5(4)12/h1-2,4-5H,3,12H2. The summed E-state index contributed by atoms with van der Waals surface area (Å²) < 4.78 is 40.8. The number of furan rings is 1. The Balaban J connectivity index is 2.19. The van der Waals surface area contributed by atoms with E-state index in [0.29, 0.717) is 12.2 Å². The highest BCUT2D eigenvalue weighted by atomic mass is 19.4. The molecule has 1 aromatic rings. The fourth-order valence-electron chi connectivity index (χ4n) is 1.25. The lowest BCUT2D eigenvalue weighted by molar-refractivity contribution is -0.153. The summed E-state index contributed by atoms with van der Waals surface area (Å²) in [5.41, 5.74) is 5.48. The average Bonchev–Trinajstić information content (AvgIpc) is 2.57. The summed E-state index contributed by atoms with van der Waals surface area (Å²) in [6, 6.07) is 2.26. The van der Waals surface area contributed by atoms with E-state index < -0.39 is 11.9 Å². The van der Waals surface area contributed by atoms with E-state index in [4.69, 9.17) is 5.73 Å². The number of hydrogen-bond acceptors (Lipinski definition) is 2. The smallest absolute Gasteiger partial charge is 0.449 e. The molecule has 13 heavy (non-hydrogen) atoms. The van der Waals surface area contributed by atoms with Crippen molar-refractivity contribution in [2.24, 2.45) is 5.73 Å². The number of alkyl halides is 3. The number of hydrogen-bond donors (Lipinski definition) is 1. The maximum Gasteiger partial charge on any atom is 0.449 e. The Labute approximate surface area is 72.5 Å². The first kappa shape index (κ1) is 8.62. The first-order valence-electron chi connectivity index (χ1n) is 3.91. The van der Waals surface area contributed by atoms with Gasteiger partial charge in [0.1, 0.15) is 5.76 Å². The third kappa shape index (κ3) is 1.56. The molecule has 0 aromatic carbocycles. The van der Waals surface area contributed by atoms with Crippen LogP contribution in [0.15, 0.2) is 16.5 Å². The molecule has 0 saturated heterocycles. The Kier molecular flexibility index (Phi) is 1.66. The van der Waals surface area contributed by atoms with Gasteiger partial charge in [-0.15, -0.1) is 0 Å². The van der Waals surface area contributed by atoms with E-state index in [9.17, 15) is 13.2 Å². The van der Waals surface area contributed by atoms with E-state index in [1.807, 2.05) is 0 Å². The van der Waals surface area contributed by atoms with Gasteiger partial charge in [-0.2, -0.15) is 13.2 Å². The average molecular weight is 191 g/mol. The van der Waals surface area contributed by atoms with Crippen LogP contribution in [0, 0.1) is 0 Å².